The van der Waals surface area contributed by atoms with Crippen molar-refractivity contribution in [1.29, 1.82) is 21.0 Å². The van der Waals surface area contributed by atoms with Crippen molar-refractivity contribution in [2.24, 2.45) is 0 Å². The van der Waals surface area contributed by atoms with Crippen LogP contribution in [-0.4, -0.2) is 22.4 Å². The van der Waals surface area contributed by atoms with Gasteiger partial charge in [-0.2, -0.15) is 0 Å². The molecule has 0 aliphatic rings. The number of nitrogens with one attached hydrogen (secondary N) is 4. The first kappa shape index (κ1) is 11.1. The summed E-state index contributed by atoms with van der Waals surface area (Å²) in [4.78, 5) is 0. The van der Waals surface area contributed by atoms with Gasteiger partial charge in [0.05, 0.1) is 0 Å². The Labute approximate surface area is 80.7 Å². The molecule has 0 saturated carbocycles. The normalized spacial score (nSPS) is 7.69. The van der Waals surface area contributed by atoms with Gasteiger partial charge in [0.2, 0.25) is 0 Å². The van der Waals surface area contributed by atoms with Crippen LogP contribution in [0.25, 0.3) is 0 Å². The van der Waals surface area contributed by atoms with Gasteiger partial charge in [-0.1, -0.05) is 0 Å². The molecule has 0 spiro atoms. The number of nitrogens with zero attached hydrogens (tertiary/aromatic N) is 4. The second-order valence-electron chi connectivity index (χ2n) is 1.70. The van der Waals surface area contributed by atoms with E-state index in [1.165, 1.54) is 0 Å². The Morgan fingerprint density at radius 1 is 0.615 bits per heavy atom. The van der Waals surface area contributed by atoms with Crippen LogP contribution in [0.5, 0.6) is 0 Å². The van der Waals surface area contributed by atoms with Gasteiger partial charge in [-0.3, -0.25) is 0 Å². The molecule has 0 fully saturated rings. The summed E-state index contributed by atoms with van der Waals surface area (Å²) in [6.45, 7) is 0. The van der Waals surface area contributed by atoms with E-state index in [1.807, 2.05) is 0 Å². The first-order valence-electron chi connectivity index (χ1n) is 2.89. The van der Waals surface area contributed by atoms with E-state index in [0.717, 1.165) is 0 Å². The summed E-state index contributed by atoms with van der Waals surface area (Å²) in [6, 6.07) is 0. The minimum absolute atomic E-state index is 1.57. The summed E-state index contributed by atoms with van der Waals surface area (Å²) >= 11 is -4.14. The third-order valence-corrected chi connectivity index (χ3v) is 8.54. The van der Waals surface area contributed by atoms with Crippen molar-refractivity contribution < 1.29 is 0 Å². The fraction of sp³-hybridized carbons (Fsp3) is 0. The molecule has 0 aliphatic carbocycles. The van der Waals surface area contributed by atoms with E-state index >= 15 is 0 Å². The third kappa shape index (κ3) is 3.32. The summed E-state index contributed by atoms with van der Waals surface area (Å²) in [5.41, 5.74) is 0. The van der Waals surface area contributed by atoms with Crippen molar-refractivity contribution in [2.45, 2.75) is 0 Å². The van der Waals surface area contributed by atoms with E-state index < -0.39 is 22.4 Å². The second-order valence-corrected chi connectivity index (χ2v) is 11.4. The molecule has 0 aliphatic heterocycles. The standard InChI is InChI=1S/4CHN2.Pb/c4*2-1-3;/h4*2H;/q4*-1;+4. The van der Waals surface area contributed by atoms with Crippen LogP contribution in [-0.2, 0) is 0 Å². The Balaban J connectivity index is 4.66. The average molecular weight is 371 g/mol. The zero-order valence-corrected chi connectivity index (χ0v) is 10.2. The summed E-state index contributed by atoms with van der Waals surface area (Å²) < 4.78 is 8.90. The molecule has 0 unspecified atom stereocenters. The molecule has 8 nitrogen and oxygen atoms in total. The van der Waals surface area contributed by atoms with Crippen LogP contribution < -0.4 is 12.5 Å². The zero-order chi connectivity index (χ0) is 10.2. The number of nitriles is 4. The Morgan fingerprint density at radius 2 is 0.846 bits per heavy atom. The van der Waals surface area contributed by atoms with Crippen molar-refractivity contribution in [3.8, 4) is 24.8 Å². The van der Waals surface area contributed by atoms with Crippen LogP contribution in [0, 0.1) is 45.8 Å². The van der Waals surface area contributed by atoms with Gasteiger partial charge in [0, 0.05) is 0 Å². The van der Waals surface area contributed by atoms with E-state index in [0.29, 0.717) is 0 Å². The minimum atomic E-state index is -4.14. The Bertz CT molecular complexity index is 253. The maximum absolute atomic E-state index is 8.33. The molecule has 0 atom stereocenters. The second kappa shape index (κ2) is 5.70. The van der Waals surface area contributed by atoms with Crippen molar-refractivity contribution in [3.63, 3.8) is 0 Å². The molecule has 13 heavy (non-hydrogen) atoms. The van der Waals surface area contributed by atoms with Crippen molar-refractivity contribution in [1.82, 2.24) is 12.5 Å². The van der Waals surface area contributed by atoms with Crippen LogP contribution >= 0.6 is 0 Å². The molecule has 0 bridgehead atoms. The summed E-state index contributed by atoms with van der Waals surface area (Å²) in [5.74, 6) is 0. The van der Waals surface area contributed by atoms with Crippen LogP contribution in [0.2, 0.25) is 0 Å². The number of rotatable bonds is 4. The first-order valence-corrected chi connectivity index (χ1v) is 10.7. The molecule has 0 heterocycles. The van der Waals surface area contributed by atoms with Crippen LogP contribution in [0.3, 0.4) is 0 Å². The average Bonchev–Trinajstić information content (AvgIpc) is 2.06. The molecule has 0 aromatic carbocycles. The van der Waals surface area contributed by atoms with Gasteiger partial charge >= 0.3 is 80.7 Å². The first-order chi connectivity index (χ1) is 6.24. The molecule has 64 valence electrons. The number of hydrogen-bond donors (Lipinski definition) is 4. The van der Waals surface area contributed by atoms with Gasteiger partial charge in [0.25, 0.3) is 0 Å². The molecule has 0 amide bonds. The van der Waals surface area contributed by atoms with Crippen molar-refractivity contribution in [2.75, 3.05) is 0 Å². The SMILES string of the molecule is N#C[NH][Pb]([NH]C#N)([NH]C#N)[NH]C#N. The fourth-order valence-corrected chi connectivity index (χ4v) is 4.59. The van der Waals surface area contributed by atoms with Gasteiger partial charge in [-0.15, -0.1) is 0 Å². The molecule has 0 aromatic heterocycles. The maximum atomic E-state index is 8.33. The van der Waals surface area contributed by atoms with E-state index in [4.69, 9.17) is 21.0 Å². The third-order valence-electron chi connectivity index (χ3n) is 0.974. The van der Waals surface area contributed by atoms with E-state index in [1.54, 1.807) is 24.8 Å². The van der Waals surface area contributed by atoms with Gasteiger partial charge in [-0.05, 0) is 0 Å². The van der Waals surface area contributed by atoms with E-state index in [2.05, 4.69) is 12.5 Å². The summed E-state index contributed by atoms with van der Waals surface area (Å²) in [6.07, 6.45) is 6.28. The summed E-state index contributed by atoms with van der Waals surface area (Å²) in [5, 5.41) is 33.3. The Morgan fingerprint density at radius 3 is 1.00 bits per heavy atom. The number of hydrogen-bond acceptors (Lipinski definition) is 8. The molecular formula is C4H4N8Pb. The molecule has 9 heteroatoms. The van der Waals surface area contributed by atoms with Crippen molar-refractivity contribution in [3.05, 3.63) is 0 Å². The quantitative estimate of drug-likeness (QED) is 0.246. The molecule has 4 N–H and O–H groups in total. The Hall–Kier alpha value is -1.92. The molecule has 0 radical (unpaired) electrons. The van der Waals surface area contributed by atoms with E-state index in [9.17, 15) is 0 Å². The fourth-order valence-electron chi connectivity index (χ4n) is 0.523. The monoisotopic (exact) mass is 372 g/mol. The zero-order valence-electron chi connectivity index (χ0n) is 6.29. The Kier molecular flexibility index (Phi) is 4.86. The molecule has 0 aromatic rings. The predicted octanol–water partition coefficient (Wildman–Crippen LogP) is -2.30. The molecule has 0 saturated heterocycles. The van der Waals surface area contributed by atoms with Gasteiger partial charge < -0.3 is 0 Å². The van der Waals surface area contributed by atoms with Crippen LogP contribution in [0.4, 0.5) is 0 Å². The van der Waals surface area contributed by atoms with E-state index in [-0.39, 0.29) is 0 Å². The van der Waals surface area contributed by atoms with Crippen LogP contribution in [0.15, 0.2) is 0 Å². The van der Waals surface area contributed by atoms with Gasteiger partial charge in [0.1, 0.15) is 0 Å². The van der Waals surface area contributed by atoms with Gasteiger partial charge in [0.15, 0.2) is 0 Å². The van der Waals surface area contributed by atoms with Crippen molar-refractivity contribution >= 4 is 22.4 Å². The summed E-state index contributed by atoms with van der Waals surface area (Å²) in [7, 11) is 0. The predicted molar refractivity (Wildman–Crippen MR) is 40.7 cm³/mol. The molecule has 0 rings (SSSR count). The van der Waals surface area contributed by atoms with Crippen LogP contribution in [0.1, 0.15) is 0 Å². The topological polar surface area (TPSA) is 143 Å². The molecular weight excluding hydrogens is 367 g/mol. The van der Waals surface area contributed by atoms with Gasteiger partial charge in [-0.25, -0.2) is 0 Å².